The first kappa shape index (κ1) is 32.1. The zero-order valence-electron chi connectivity index (χ0n) is 31.1. The molecule has 9 aromatic rings. The summed E-state index contributed by atoms with van der Waals surface area (Å²) < 4.78 is 2.67. The first-order valence-corrected chi connectivity index (χ1v) is 20.9. The highest BCUT2D eigenvalue weighted by molar-refractivity contribution is 7.25. The molecule has 3 aliphatic carbocycles. The Morgan fingerprint density at radius 1 is 0.411 bits per heavy atom. The van der Waals surface area contributed by atoms with Crippen molar-refractivity contribution in [1.29, 1.82) is 0 Å². The quantitative estimate of drug-likeness (QED) is 0.168. The Morgan fingerprint density at radius 3 is 1.66 bits per heavy atom. The van der Waals surface area contributed by atoms with Crippen molar-refractivity contribution >= 4 is 76.4 Å². The summed E-state index contributed by atoms with van der Waals surface area (Å²) in [6.07, 6.45) is 4.74. The van der Waals surface area contributed by atoms with Crippen molar-refractivity contribution in [2.24, 2.45) is 11.8 Å². The lowest BCUT2D eigenvalue weighted by Crippen LogP contribution is -2.34. The van der Waals surface area contributed by atoms with Crippen LogP contribution in [0.5, 0.6) is 0 Å². The van der Waals surface area contributed by atoms with E-state index in [1.807, 2.05) is 11.3 Å². The molecular formula is C53H40N2S. The van der Waals surface area contributed by atoms with Crippen LogP contribution in [0.15, 0.2) is 182 Å². The Hall–Kier alpha value is -6.16. The Kier molecular flexibility index (Phi) is 7.13. The van der Waals surface area contributed by atoms with Gasteiger partial charge >= 0.3 is 0 Å². The minimum Gasteiger partial charge on any atom is -0.310 e. The minimum absolute atomic E-state index is 0.107. The number of hydrogen-bond donors (Lipinski definition) is 0. The summed E-state index contributed by atoms with van der Waals surface area (Å²) in [7, 11) is 0. The van der Waals surface area contributed by atoms with Crippen LogP contribution < -0.4 is 9.80 Å². The summed E-state index contributed by atoms with van der Waals surface area (Å²) >= 11 is 1.90. The molecular weight excluding hydrogens is 697 g/mol. The van der Waals surface area contributed by atoms with Crippen LogP contribution in [-0.4, -0.2) is 0 Å². The van der Waals surface area contributed by atoms with Crippen LogP contribution in [0.25, 0.3) is 30.9 Å². The molecule has 1 fully saturated rings. The lowest BCUT2D eigenvalue weighted by molar-refractivity contribution is 0.350. The zero-order valence-corrected chi connectivity index (χ0v) is 31.9. The smallest absolute Gasteiger partial charge is 0.0540 e. The Morgan fingerprint density at radius 2 is 0.946 bits per heavy atom. The number of nitrogens with zero attached hydrogens (tertiary/aromatic N) is 2. The Labute approximate surface area is 331 Å². The summed E-state index contributed by atoms with van der Waals surface area (Å²) in [5.74, 6) is 1.08. The number of benzene rings is 8. The highest BCUT2D eigenvalue weighted by atomic mass is 32.1. The van der Waals surface area contributed by atoms with E-state index in [2.05, 4.69) is 192 Å². The fraction of sp³-hybridized carbons (Fsp3) is 0.132. The maximum Gasteiger partial charge on any atom is 0.0540 e. The van der Waals surface area contributed by atoms with E-state index >= 15 is 0 Å². The fourth-order valence-electron chi connectivity index (χ4n) is 11.3. The molecule has 0 radical (unpaired) electrons. The lowest BCUT2D eigenvalue weighted by Gasteiger charge is -2.40. The molecule has 3 atom stereocenters. The third-order valence-corrected chi connectivity index (χ3v) is 14.4. The van der Waals surface area contributed by atoms with E-state index in [9.17, 15) is 0 Å². The average molecular weight is 737 g/mol. The van der Waals surface area contributed by atoms with Gasteiger partial charge in [-0.1, -0.05) is 121 Å². The van der Waals surface area contributed by atoms with Gasteiger partial charge in [0, 0.05) is 48.0 Å². The summed E-state index contributed by atoms with van der Waals surface area (Å²) in [4.78, 5) is 5.16. The van der Waals surface area contributed by atoms with Gasteiger partial charge in [0.25, 0.3) is 0 Å². The first-order valence-electron chi connectivity index (χ1n) is 20.1. The largest absolute Gasteiger partial charge is 0.310 e. The van der Waals surface area contributed by atoms with Gasteiger partial charge in [0.15, 0.2) is 0 Å². The molecule has 8 aromatic carbocycles. The molecule has 0 aliphatic heterocycles. The number of anilines is 6. The van der Waals surface area contributed by atoms with Gasteiger partial charge in [0.2, 0.25) is 0 Å². The van der Waals surface area contributed by atoms with Gasteiger partial charge < -0.3 is 9.80 Å². The predicted molar refractivity (Wildman–Crippen MR) is 237 cm³/mol. The molecule has 1 spiro atoms. The van der Waals surface area contributed by atoms with Crippen LogP contribution in [0, 0.1) is 11.8 Å². The number of thiophene rings is 1. The van der Waals surface area contributed by atoms with Crippen molar-refractivity contribution in [2.75, 3.05) is 9.80 Å². The number of para-hydroxylation sites is 2. The molecule has 3 unspecified atom stereocenters. The van der Waals surface area contributed by atoms with Crippen molar-refractivity contribution in [3.8, 4) is 0 Å². The van der Waals surface area contributed by atoms with Gasteiger partial charge in [-0.05, 0) is 126 Å². The Bertz CT molecular complexity index is 2950. The van der Waals surface area contributed by atoms with Crippen molar-refractivity contribution in [3.63, 3.8) is 0 Å². The summed E-state index contributed by atoms with van der Waals surface area (Å²) in [6.45, 7) is 0. The molecule has 0 saturated heterocycles. The fourth-order valence-corrected chi connectivity index (χ4v) is 12.4. The van der Waals surface area contributed by atoms with Crippen LogP contribution in [0.3, 0.4) is 0 Å². The molecule has 268 valence electrons. The van der Waals surface area contributed by atoms with Crippen molar-refractivity contribution in [2.45, 2.75) is 31.1 Å². The van der Waals surface area contributed by atoms with Gasteiger partial charge in [-0.3, -0.25) is 0 Å². The highest BCUT2D eigenvalue weighted by Crippen LogP contribution is 2.69. The Balaban J connectivity index is 1.12. The lowest BCUT2D eigenvalue weighted by atomic mass is 9.68. The van der Waals surface area contributed by atoms with E-state index in [0.29, 0.717) is 11.8 Å². The average Bonchev–Trinajstić information content (AvgIpc) is 3.98. The predicted octanol–water partition coefficient (Wildman–Crippen LogP) is 14.6. The van der Waals surface area contributed by atoms with E-state index in [4.69, 9.17) is 0 Å². The van der Waals surface area contributed by atoms with Crippen LogP contribution in [-0.2, 0) is 18.3 Å². The summed E-state index contributed by atoms with van der Waals surface area (Å²) in [5, 5.41) is 5.20. The molecule has 2 nitrogen and oxygen atoms in total. The first-order chi connectivity index (χ1) is 27.8. The van der Waals surface area contributed by atoms with Gasteiger partial charge in [0.05, 0.1) is 17.1 Å². The number of rotatable bonds is 6. The van der Waals surface area contributed by atoms with Crippen LogP contribution in [0.2, 0.25) is 0 Å². The maximum absolute atomic E-state index is 2.58. The molecule has 0 N–H and O–H groups in total. The maximum atomic E-state index is 2.58. The molecule has 56 heavy (non-hydrogen) atoms. The van der Waals surface area contributed by atoms with Gasteiger partial charge in [-0.25, -0.2) is 0 Å². The van der Waals surface area contributed by atoms with Gasteiger partial charge in [-0.2, -0.15) is 0 Å². The summed E-state index contributed by atoms with van der Waals surface area (Å²) in [5.41, 5.74) is 13.5. The van der Waals surface area contributed by atoms with Gasteiger partial charge in [0.1, 0.15) is 0 Å². The molecule has 12 rings (SSSR count). The van der Waals surface area contributed by atoms with E-state index in [0.717, 1.165) is 12.8 Å². The molecule has 1 aromatic heterocycles. The standard InChI is InChI=1S/C53H40N2S/c1-3-18-40(19-4-1)54(42-30-31-45-44-23-9-10-27-49(44)56-50(45)34-42)47-25-12-16-36-32-38-28-29-39-33-37-17-13-26-48(52(37)53(38,39)51(36)47)55(41-20-5-2-6-21-41)46-24-11-15-35-14-7-8-22-43(35)46/h1-27,30-31,34,38-39H,28-29,32-33H2. The molecule has 0 amide bonds. The second kappa shape index (κ2) is 12.4. The van der Waals surface area contributed by atoms with E-state index in [-0.39, 0.29) is 5.41 Å². The van der Waals surface area contributed by atoms with E-state index in [1.165, 1.54) is 89.0 Å². The van der Waals surface area contributed by atoms with Crippen molar-refractivity contribution < 1.29 is 0 Å². The third-order valence-electron chi connectivity index (χ3n) is 13.3. The normalized spacial score (nSPS) is 19.2. The van der Waals surface area contributed by atoms with Crippen LogP contribution in [0.4, 0.5) is 34.1 Å². The summed E-state index contributed by atoms with van der Waals surface area (Å²) in [6, 6.07) is 68.2. The van der Waals surface area contributed by atoms with Crippen LogP contribution in [0.1, 0.15) is 35.1 Å². The molecule has 1 heterocycles. The molecule has 3 heteroatoms. The van der Waals surface area contributed by atoms with Crippen molar-refractivity contribution in [1.82, 2.24) is 0 Å². The third kappa shape index (κ3) is 4.55. The topological polar surface area (TPSA) is 6.48 Å². The van der Waals surface area contributed by atoms with Crippen molar-refractivity contribution in [3.05, 3.63) is 204 Å². The van der Waals surface area contributed by atoms with Gasteiger partial charge in [-0.15, -0.1) is 11.3 Å². The SMILES string of the molecule is c1ccc(N(c2ccc3c(c2)sc2ccccc23)c2cccc3c2C24c5c(cccc5N(c5ccccc5)c5cccc6ccccc56)CC2CCC4C3)cc1. The molecule has 0 bridgehead atoms. The van der Waals surface area contributed by atoms with E-state index in [1.54, 1.807) is 11.1 Å². The second-order valence-electron chi connectivity index (χ2n) is 16.0. The number of hydrogen-bond acceptors (Lipinski definition) is 3. The molecule has 1 saturated carbocycles. The minimum atomic E-state index is -0.107. The van der Waals surface area contributed by atoms with E-state index < -0.39 is 0 Å². The molecule has 3 aliphatic rings. The monoisotopic (exact) mass is 736 g/mol. The zero-order chi connectivity index (χ0) is 36.8. The number of fused-ring (bicyclic) bond motifs is 6. The highest BCUT2D eigenvalue weighted by Gasteiger charge is 2.62. The van der Waals surface area contributed by atoms with Crippen LogP contribution >= 0.6 is 11.3 Å². The second-order valence-corrected chi connectivity index (χ2v) is 17.1.